The van der Waals surface area contributed by atoms with Gasteiger partial charge in [0.05, 0.1) is 42.4 Å². The Hall–Kier alpha value is -4.62. The molecule has 2 aromatic heterocycles. The molecular formula is C24H27N11O2. The van der Waals surface area contributed by atoms with Crippen LogP contribution in [-0.2, 0) is 4.79 Å². The number of amides is 1. The number of hydrogen-bond donors (Lipinski definition) is 3. The van der Waals surface area contributed by atoms with Crippen molar-refractivity contribution in [2.24, 2.45) is 5.73 Å². The highest BCUT2D eigenvalue weighted by Crippen LogP contribution is 2.39. The van der Waals surface area contributed by atoms with Crippen LogP contribution >= 0.6 is 0 Å². The molecule has 190 valence electrons. The van der Waals surface area contributed by atoms with E-state index in [1.165, 1.54) is 10.7 Å². The quantitative estimate of drug-likeness (QED) is 0.404. The number of aromatic nitrogens is 4. The minimum Gasteiger partial charge on any atom is -0.492 e. The van der Waals surface area contributed by atoms with Crippen LogP contribution in [0.25, 0.3) is 5.65 Å². The molecule has 3 aromatic rings. The number of carbonyl (C=O) groups excluding carboxylic acids is 1. The van der Waals surface area contributed by atoms with E-state index in [0.29, 0.717) is 66.4 Å². The van der Waals surface area contributed by atoms with Crippen molar-refractivity contribution >= 4 is 34.8 Å². The summed E-state index contributed by atoms with van der Waals surface area (Å²) in [6, 6.07) is 7.74. The van der Waals surface area contributed by atoms with Crippen molar-refractivity contribution in [3.05, 3.63) is 29.5 Å². The summed E-state index contributed by atoms with van der Waals surface area (Å²) in [5.74, 6) is 0.901. The molecule has 2 fully saturated rings. The number of fused-ring (bicyclic) bond motifs is 1. The smallest absolute Gasteiger partial charge is 0.234 e. The van der Waals surface area contributed by atoms with Crippen LogP contribution in [0.15, 0.2) is 18.3 Å². The van der Waals surface area contributed by atoms with E-state index in [-0.39, 0.29) is 17.9 Å². The highest BCUT2D eigenvalue weighted by Gasteiger charge is 2.28. The molecule has 1 aliphatic carbocycles. The van der Waals surface area contributed by atoms with E-state index in [0.717, 1.165) is 18.5 Å². The number of piperazine rings is 1. The Bertz CT molecular complexity index is 1430. The van der Waals surface area contributed by atoms with Crippen molar-refractivity contribution in [2.45, 2.75) is 31.8 Å². The number of hydrogen-bond acceptors (Lipinski definition) is 11. The van der Waals surface area contributed by atoms with Gasteiger partial charge in [0.1, 0.15) is 11.6 Å². The van der Waals surface area contributed by atoms with Crippen LogP contribution in [0.5, 0.6) is 5.75 Å². The second-order valence-electron chi connectivity index (χ2n) is 9.11. The number of rotatable bonds is 8. The first-order valence-electron chi connectivity index (χ1n) is 12.0. The van der Waals surface area contributed by atoms with E-state index in [9.17, 15) is 15.3 Å². The summed E-state index contributed by atoms with van der Waals surface area (Å²) in [5, 5.41) is 30.0. The third-order valence-corrected chi connectivity index (χ3v) is 6.66. The van der Waals surface area contributed by atoms with Crippen LogP contribution in [0.2, 0.25) is 0 Å². The third-order valence-electron chi connectivity index (χ3n) is 6.66. The first kappa shape index (κ1) is 24.1. The maximum absolute atomic E-state index is 11.6. The van der Waals surface area contributed by atoms with Gasteiger partial charge in [-0.15, -0.1) is 0 Å². The lowest BCUT2D eigenvalue weighted by molar-refractivity contribution is -0.122. The van der Waals surface area contributed by atoms with Crippen LogP contribution in [0.3, 0.4) is 0 Å². The monoisotopic (exact) mass is 501 g/mol. The fourth-order valence-corrected chi connectivity index (χ4v) is 4.39. The van der Waals surface area contributed by atoms with Gasteiger partial charge in [-0.2, -0.15) is 30.1 Å². The van der Waals surface area contributed by atoms with E-state index < -0.39 is 0 Å². The normalized spacial score (nSPS) is 16.6. The summed E-state index contributed by atoms with van der Waals surface area (Å²) >= 11 is 0. The van der Waals surface area contributed by atoms with E-state index in [2.05, 4.69) is 42.7 Å². The van der Waals surface area contributed by atoms with Crippen molar-refractivity contribution in [3.63, 3.8) is 0 Å². The van der Waals surface area contributed by atoms with E-state index in [1.807, 2.05) is 4.90 Å². The molecule has 1 aliphatic heterocycles. The van der Waals surface area contributed by atoms with Gasteiger partial charge in [0, 0.05) is 32.2 Å². The van der Waals surface area contributed by atoms with Gasteiger partial charge >= 0.3 is 0 Å². The fourth-order valence-electron chi connectivity index (χ4n) is 4.39. The van der Waals surface area contributed by atoms with Gasteiger partial charge in [0.2, 0.25) is 17.8 Å². The topological polar surface area (TPSA) is 174 Å². The van der Waals surface area contributed by atoms with Gasteiger partial charge in [-0.3, -0.25) is 9.69 Å². The Morgan fingerprint density at radius 1 is 1.19 bits per heavy atom. The standard InChI is InChI=1S/C24H27N11O2/c1-14(21(27)36)33-5-7-34(8-6-33)19-10-15(11-25)9-18(20(19)37-2)30-23-31-22-16(12-26)13-28-35(22)24(32-23)29-17-3-4-17/h9-10,13-14,17H,3-8H2,1-2H3,(H2,27,36)(H2,29,30,31,32)/t14-/m0/s1. The van der Waals surface area contributed by atoms with Crippen LogP contribution < -0.4 is 26.0 Å². The molecule has 1 saturated heterocycles. The van der Waals surface area contributed by atoms with Crippen LogP contribution in [0, 0.1) is 22.7 Å². The number of anilines is 4. The van der Waals surface area contributed by atoms with Crippen molar-refractivity contribution in [1.82, 2.24) is 24.5 Å². The largest absolute Gasteiger partial charge is 0.492 e. The van der Waals surface area contributed by atoms with Gasteiger partial charge in [-0.1, -0.05) is 0 Å². The second-order valence-corrected chi connectivity index (χ2v) is 9.11. The predicted octanol–water partition coefficient (Wildman–Crippen LogP) is 1.19. The van der Waals surface area contributed by atoms with Gasteiger partial charge < -0.3 is 26.0 Å². The molecule has 0 spiro atoms. The Labute approximate surface area is 213 Å². The minimum absolute atomic E-state index is 0.243. The molecule has 3 heterocycles. The number of methoxy groups -OCH3 is 1. The summed E-state index contributed by atoms with van der Waals surface area (Å²) < 4.78 is 7.31. The molecule has 5 rings (SSSR count). The Balaban J connectivity index is 1.49. The average Bonchev–Trinajstić information content (AvgIpc) is 3.63. The molecule has 13 nitrogen and oxygen atoms in total. The lowest BCUT2D eigenvalue weighted by Crippen LogP contribution is -2.53. The number of benzene rings is 1. The van der Waals surface area contributed by atoms with Crippen molar-refractivity contribution in [2.75, 3.05) is 48.8 Å². The molecule has 1 amide bonds. The molecule has 13 heteroatoms. The maximum atomic E-state index is 11.6. The first-order valence-corrected chi connectivity index (χ1v) is 12.0. The summed E-state index contributed by atoms with van der Waals surface area (Å²) in [7, 11) is 1.57. The Kier molecular flexibility index (Phi) is 6.38. The number of ether oxygens (including phenoxy) is 1. The zero-order valence-corrected chi connectivity index (χ0v) is 20.6. The summed E-state index contributed by atoms with van der Waals surface area (Å²) in [5.41, 5.74) is 7.88. The Morgan fingerprint density at radius 2 is 1.95 bits per heavy atom. The van der Waals surface area contributed by atoms with Crippen molar-refractivity contribution in [1.29, 1.82) is 10.5 Å². The average molecular weight is 502 g/mol. The zero-order valence-electron chi connectivity index (χ0n) is 20.6. The van der Waals surface area contributed by atoms with Gasteiger partial charge in [0.25, 0.3) is 0 Å². The number of nitriles is 2. The second kappa shape index (κ2) is 9.79. The van der Waals surface area contributed by atoms with Crippen molar-refractivity contribution < 1.29 is 9.53 Å². The highest BCUT2D eigenvalue weighted by atomic mass is 16.5. The van der Waals surface area contributed by atoms with Crippen LogP contribution in [-0.4, -0.2) is 75.8 Å². The molecular weight excluding hydrogens is 474 g/mol. The molecule has 1 saturated carbocycles. The molecule has 0 radical (unpaired) electrons. The summed E-state index contributed by atoms with van der Waals surface area (Å²) in [4.78, 5) is 24.9. The SMILES string of the molecule is COc1c(Nc2nc(NC3CC3)n3ncc(C#N)c3n2)cc(C#N)cc1N1CCN([C@@H](C)C(N)=O)CC1. The fraction of sp³-hybridized carbons (Fsp3) is 0.417. The van der Waals surface area contributed by atoms with E-state index in [4.69, 9.17) is 10.5 Å². The zero-order chi connectivity index (χ0) is 26.1. The third kappa shape index (κ3) is 4.77. The number of nitrogens with zero attached hydrogens (tertiary/aromatic N) is 8. The van der Waals surface area contributed by atoms with E-state index in [1.54, 1.807) is 26.2 Å². The van der Waals surface area contributed by atoms with Crippen LogP contribution in [0.1, 0.15) is 30.9 Å². The molecule has 37 heavy (non-hydrogen) atoms. The summed E-state index contributed by atoms with van der Waals surface area (Å²) in [6.45, 7) is 4.34. The van der Waals surface area contributed by atoms with Crippen molar-refractivity contribution in [3.8, 4) is 17.9 Å². The lowest BCUT2D eigenvalue weighted by atomic mass is 10.1. The lowest BCUT2D eigenvalue weighted by Gasteiger charge is -2.38. The maximum Gasteiger partial charge on any atom is 0.234 e. The summed E-state index contributed by atoms with van der Waals surface area (Å²) in [6.07, 6.45) is 3.53. The van der Waals surface area contributed by atoms with Gasteiger partial charge in [-0.25, -0.2) is 0 Å². The van der Waals surface area contributed by atoms with Gasteiger partial charge in [0.15, 0.2) is 11.4 Å². The Morgan fingerprint density at radius 3 is 2.57 bits per heavy atom. The van der Waals surface area contributed by atoms with Crippen LogP contribution in [0.4, 0.5) is 23.3 Å². The molecule has 1 aromatic carbocycles. The van der Waals surface area contributed by atoms with Gasteiger partial charge in [-0.05, 0) is 31.9 Å². The number of carbonyl (C=O) groups is 1. The number of nitrogens with two attached hydrogens (primary N) is 1. The number of primary amides is 1. The molecule has 1 atom stereocenters. The highest BCUT2D eigenvalue weighted by molar-refractivity contribution is 5.80. The predicted molar refractivity (Wildman–Crippen MR) is 136 cm³/mol. The molecule has 2 aliphatic rings. The first-order chi connectivity index (χ1) is 17.9. The number of nitrogens with one attached hydrogen (secondary N) is 2. The molecule has 0 unspecified atom stereocenters. The molecule has 4 N–H and O–H groups in total. The minimum atomic E-state index is -0.353. The molecule has 0 bridgehead atoms. The van der Waals surface area contributed by atoms with E-state index >= 15 is 0 Å².